The van der Waals surface area contributed by atoms with Gasteiger partial charge in [-0.3, -0.25) is 4.98 Å². The van der Waals surface area contributed by atoms with E-state index >= 15 is 0 Å². The Labute approximate surface area is 335 Å². The van der Waals surface area contributed by atoms with Crippen LogP contribution < -0.4 is 10.7 Å². The second kappa shape index (κ2) is 17.1. The zero-order chi connectivity index (χ0) is 39.6. The molecule has 4 atom stereocenters. The van der Waals surface area contributed by atoms with Gasteiger partial charge in [0.05, 0.1) is 17.5 Å². The molecule has 55 heavy (non-hydrogen) atoms. The number of esters is 1. The van der Waals surface area contributed by atoms with Crippen LogP contribution in [0.4, 0.5) is 0 Å². The molecular formula is C43H55InN5O6. The van der Waals surface area contributed by atoms with Crippen molar-refractivity contribution in [1.82, 2.24) is 25.3 Å². The van der Waals surface area contributed by atoms with E-state index in [1.807, 2.05) is 32.9 Å². The minimum absolute atomic E-state index is 0.0731. The summed E-state index contributed by atoms with van der Waals surface area (Å²) in [6, 6.07) is 14.2. The minimum Gasteiger partial charge on any atom is -0.0563 e. The average molecular weight is 853 g/mol. The van der Waals surface area contributed by atoms with Gasteiger partial charge in [0.1, 0.15) is 0 Å². The van der Waals surface area contributed by atoms with Crippen molar-refractivity contribution in [2.45, 2.75) is 100 Å². The molecule has 1 saturated heterocycles. The number of fused-ring (bicyclic) bond motifs is 6. The van der Waals surface area contributed by atoms with Crippen molar-refractivity contribution in [2.75, 3.05) is 20.3 Å². The van der Waals surface area contributed by atoms with Crippen molar-refractivity contribution in [3.05, 3.63) is 71.5 Å². The maximum atomic E-state index is 14.3. The molecular weight excluding hydrogens is 797 g/mol. The number of hydrogen-bond acceptors (Lipinski definition) is 8. The molecule has 2 amide bonds. The number of cyclic esters (lactones) is 1. The summed E-state index contributed by atoms with van der Waals surface area (Å²) in [6.07, 6.45) is 3.43. The molecule has 4 heterocycles. The molecule has 0 aliphatic carbocycles. The number of aryl methyl sites for hydroxylation is 1. The first kappa shape index (κ1) is 40.8. The fourth-order valence-corrected chi connectivity index (χ4v) is 11.5. The Bertz CT molecular complexity index is 2060. The third-order valence-corrected chi connectivity index (χ3v) is 16.2. The van der Waals surface area contributed by atoms with Gasteiger partial charge >= 0.3 is 234 Å². The number of aromatic hydroxyl groups is 1. The third kappa shape index (κ3) is 8.76. The molecule has 6 rings (SSSR count). The Balaban J connectivity index is 1.54. The molecule has 12 heteroatoms. The van der Waals surface area contributed by atoms with Gasteiger partial charge in [-0.25, -0.2) is 0 Å². The topological polar surface area (TPSA) is 135 Å². The number of carbonyl (C=O) groups is 3. The second-order valence-electron chi connectivity index (χ2n) is 16.1. The SMILES string of the molecule is CCn1c(-c2cccnc2[C@H](C)OC)c2c3cc(ccc31)-c1cc(O)cc(c1)C[C@H](NC(=O)[C@@H]([In][CH3])C(C)C)C(=O)N1CCC[C@H](N1)C(=O)OCC(C)(C)C2. The predicted molar refractivity (Wildman–Crippen MR) is 216 cm³/mol. The van der Waals surface area contributed by atoms with Gasteiger partial charge in [0, 0.05) is 25.4 Å². The van der Waals surface area contributed by atoms with Gasteiger partial charge in [0.25, 0.3) is 0 Å². The zero-order valence-corrected chi connectivity index (χ0v) is 36.7. The number of rotatable bonds is 8. The third-order valence-electron chi connectivity index (χ3n) is 11.1. The Hall–Kier alpha value is -3.87. The van der Waals surface area contributed by atoms with E-state index in [9.17, 15) is 19.5 Å². The molecule has 0 spiro atoms. The van der Waals surface area contributed by atoms with Crippen LogP contribution in [0, 0.1) is 11.3 Å². The number of hydrazine groups is 1. The standard InChI is InChI=1S/C42H52N5O6.CH3.In/c1-8-46-36-14-13-28-22-32(36)33(39(46)31-11-9-15-43-38(31)26(4)52-7)23-42(5,6)24-53-41(51)34-12-10-16-47(45-34)40(50)35(44-37(49)17-25(2)3)20-27-18-29(28)21-30(48)19-27;;/h9,11,13-15,17-19,21-22,25-26,34-35,45,48H,8,10,12,16,20,23-24H2,1-7H3,(H,44,49);1H3;/t26-,34-,35-;;/m0../s1. The fourth-order valence-electron chi connectivity index (χ4n) is 8.17. The number of pyridine rings is 1. The van der Waals surface area contributed by atoms with Crippen molar-refractivity contribution in [3.8, 4) is 28.1 Å². The number of hydrogen-bond donors (Lipinski definition) is 3. The Morgan fingerprint density at radius 2 is 1.93 bits per heavy atom. The van der Waals surface area contributed by atoms with E-state index in [1.165, 1.54) is 5.01 Å². The summed E-state index contributed by atoms with van der Waals surface area (Å²) < 4.78 is 16.3. The van der Waals surface area contributed by atoms with E-state index in [1.54, 1.807) is 25.4 Å². The molecule has 2 aliphatic heterocycles. The van der Waals surface area contributed by atoms with Gasteiger partial charge in [-0.05, 0) is 32.4 Å². The molecule has 2 aromatic carbocycles. The number of nitrogens with one attached hydrogen (secondary N) is 2. The zero-order valence-electron chi connectivity index (χ0n) is 33.4. The summed E-state index contributed by atoms with van der Waals surface area (Å²) in [7, 11) is 1.69. The minimum atomic E-state index is -1.22. The molecule has 2 aromatic heterocycles. The van der Waals surface area contributed by atoms with Gasteiger partial charge < -0.3 is 9.30 Å². The Kier molecular flexibility index (Phi) is 12.7. The van der Waals surface area contributed by atoms with Gasteiger partial charge in [-0.1, -0.05) is 13.8 Å². The van der Waals surface area contributed by atoms with E-state index in [-0.39, 0.29) is 46.3 Å². The van der Waals surface area contributed by atoms with Crippen molar-refractivity contribution >= 4 is 51.6 Å². The molecule has 3 N–H and O–H groups in total. The van der Waals surface area contributed by atoms with Crippen molar-refractivity contribution in [3.63, 3.8) is 0 Å². The first-order valence-corrected chi connectivity index (χ1v) is 24.8. The van der Waals surface area contributed by atoms with Crippen molar-refractivity contribution in [1.29, 1.82) is 0 Å². The van der Waals surface area contributed by atoms with Crippen LogP contribution in [0.5, 0.6) is 5.75 Å². The summed E-state index contributed by atoms with van der Waals surface area (Å²) >= 11 is -1.22. The summed E-state index contributed by atoms with van der Waals surface area (Å²) in [6.45, 7) is 13.7. The van der Waals surface area contributed by atoms with Gasteiger partial charge in [-0.15, -0.1) is 0 Å². The predicted octanol–water partition coefficient (Wildman–Crippen LogP) is 6.65. The quantitative estimate of drug-likeness (QED) is 0.168. The second-order valence-corrected chi connectivity index (χ2v) is 20.1. The van der Waals surface area contributed by atoms with Gasteiger partial charge in [0.15, 0.2) is 0 Å². The van der Waals surface area contributed by atoms with E-state index in [0.29, 0.717) is 37.9 Å². The van der Waals surface area contributed by atoms with E-state index in [0.717, 1.165) is 44.5 Å². The summed E-state index contributed by atoms with van der Waals surface area (Å²) in [5, 5.41) is 16.8. The molecule has 4 aromatic rings. The molecule has 2 aliphatic rings. The normalized spacial score (nSPS) is 20.1. The first-order chi connectivity index (χ1) is 26.2. The van der Waals surface area contributed by atoms with Crippen LogP contribution >= 0.6 is 0 Å². The van der Waals surface area contributed by atoms with Gasteiger partial charge in [-0.2, -0.15) is 0 Å². The molecule has 6 bridgehead atoms. The fraction of sp³-hybridized carbons (Fsp3) is 0.488. The number of nitrogens with zero attached hydrogens (tertiary/aromatic N) is 3. The summed E-state index contributed by atoms with van der Waals surface area (Å²) in [5.41, 5.74) is 10.1. The molecule has 1 fully saturated rings. The number of benzene rings is 2. The Morgan fingerprint density at radius 1 is 1.15 bits per heavy atom. The number of phenols is 1. The number of phenolic OH excluding ortho intramolecular Hbond substituents is 1. The van der Waals surface area contributed by atoms with Crippen LogP contribution in [-0.4, -0.2) is 92.7 Å². The molecule has 0 saturated carbocycles. The summed E-state index contributed by atoms with van der Waals surface area (Å²) in [4.78, 5) is 46.5. The van der Waals surface area contributed by atoms with Crippen LogP contribution in [0.3, 0.4) is 0 Å². The van der Waals surface area contributed by atoms with Crippen LogP contribution in [0.15, 0.2) is 54.7 Å². The Morgan fingerprint density at radius 3 is 2.64 bits per heavy atom. The number of aromatic nitrogens is 2. The van der Waals surface area contributed by atoms with Crippen LogP contribution in [0.2, 0.25) is 8.35 Å². The molecule has 0 unspecified atom stereocenters. The average Bonchev–Trinajstić information content (AvgIpc) is 3.47. The van der Waals surface area contributed by atoms with Crippen LogP contribution in [0.25, 0.3) is 33.3 Å². The number of ether oxygens (including phenoxy) is 2. The number of methoxy groups -OCH3 is 1. The van der Waals surface area contributed by atoms with Crippen LogP contribution in [0.1, 0.15) is 77.3 Å². The maximum absolute atomic E-state index is 14.3. The molecule has 11 nitrogen and oxygen atoms in total. The van der Waals surface area contributed by atoms with Crippen molar-refractivity contribution in [2.24, 2.45) is 11.3 Å². The van der Waals surface area contributed by atoms with E-state index in [2.05, 4.69) is 65.0 Å². The number of carbonyl (C=O) groups excluding carboxylic acids is 3. The molecule has 291 valence electrons. The van der Waals surface area contributed by atoms with Crippen LogP contribution in [-0.2, 0) is 43.2 Å². The first-order valence-electron chi connectivity index (χ1n) is 19.6. The smallest absolute Gasteiger partial charge is 0.0563 e. The molecule has 1 radical (unpaired) electrons. The van der Waals surface area contributed by atoms with E-state index < -0.39 is 46.4 Å². The van der Waals surface area contributed by atoms with Gasteiger partial charge in [0.2, 0.25) is 0 Å². The van der Waals surface area contributed by atoms with Crippen molar-refractivity contribution < 1.29 is 29.0 Å². The van der Waals surface area contributed by atoms with E-state index in [4.69, 9.17) is 14.5 Å². The number of amides is 2. The summed E-state index contributed by atoms with van der Waals surface area (Å²) in [5.74, 6) is -0.600. The monoisotopic (exact) mass is 852 g/mol.